The Labute approximate surface area is 110 Å². The first kappa shape index (κ1) is 13.6. The number of nitrogen functional groups attached to an aromatic ring is 1. The molecule has 0 saturated heterocycles. The van der Waals surface area contributed by atoms with Gasteiger partial charge in [-0.05, 0) is 47.2 Å². The molecule has 0 amide bonds. The van der Waals surface area contributed by atoms with Crippen molar-refractivity contribution in [1.29, 1.82) is 0 Å². The minimum atomic E-state index is -2.87. The summed E-state index contributed by atoms with van der Waals surface area (Å²) in [6.07, 6.45) is 1.83. The maximum Gasteiger partial charge on any atom is 0.147 e. The van der Waals surface area contributed by atoms with E-state index >= 15 is 0 Å². The highest BCUT2D eigenvalue weighted by molar-refractivity contribution is 14.1. The zero-order chi connectivity index (χ0) is 12.2. The van der Waals surface area contributed by atoms with Crippen LogP contribution in [0.5, 0.6) is 0 Å². The maximum absolute atomic E-state index is 10.9. The van der Waals surface area contributed by atoms with Crippen LogP contribution in [0.2, 0.25) is 0 Å². The molecule has 0 spiro atoms. The van der Waals surface area contributed by atoms with Crippen molar-refractivity contribution in [3.8, 4) is 0 Å². The predicted molar refractivity (Wildman–Crippen MR) is 76.4 cm³/mol. The standard InChI is InChI=1S/C10H15IN2O2S/c1-16(14,15)6-2-5-13-10-4-3-8(11)7-9(10)12/h3-4,7,13H,2,5-6,12H2,1H3. The van der Waals surface area contributed by atoms with Gasteiger partial charge in [0.05, 0.1) is 17.1 Å². The van der Waals surface area contributed by atoms with Gasteiger partial charge >= 0.3 is 0 Å². The third-order valence-corrected chi connectivity index (χ3v) is 3.72. The van der Waals surface area contributed by atoms with Gasteiger partial charge in [-0.25, -0.2) is 8.42 Å². The van der Waals surface area contributed by atoms with E-state index in [9.17, 15) is 8.42 Å². The Morgan fingerprint density at radius 3 is 2.69 bits per heavy atom. The number of hydrogen-bond acceptors (Lipinski definition) is 4. The molecule has 6 heteroatoms. The number of nitrogens with two attached hydrogens (primary N) is 1. The van der Waals surface area contributed by atoms with Crippen LogP contribution >= 0.6 is 22.6 Å². The van der Waals surface area contributed by atoms with Gasteiger partial charge in [0.25, 0.3) is 0 Å². The second-order valence-electron chi connectivity index (χ2n) is 3.64. The van der Waals surface area contributed by atoms with Crippen LogP contribution in [0.4, 0.5) is 11.4 Å². The summed E-state index contributed by atoms with van der Waals surface area (Å²) in [5.41, 5.74) is 7.35. The lowest BCUT2D eigenvalue weighted by Crippen LogP contribution is -2.10. The van der Waals surface area contributed by atoms with Crippen LogP contribution in [-0.2, 0) is 9.84 Å². The molecule has 4 nitrogen and oxygen atoms in total. The Balaban J connectivity index is 2.43. The maximum atomic E-state index is 10.9. The molecule has 90 valence electrons. The van der Waals surface area contributed by atoms with Crippen molar-refractivity contribution in [1.82, 2.24) is 0 Å². The van der Waals surface area contributed by atoms with E-state index in [-0.39, 0.29) is 5.75 Å². The summed E-state index contributed by atoms with van der Waals surface area (Å²) in [7, 11) is -2.87. The van der Waals surface area contributed by atoms with E-state index in [0.29, 0.717) is 18.7 Å². The van der Waals surface area contributed by atoms with Gasteiger partial charge in [0.15, 0.2) is 0 Å². The van der Waals surface area contributed by atoms with Crippen LogP contribution in [-0.4, -0.2) is 27.0 Å². The van der Waals surface area contributed by atoms with Gasteiger partial charge in [-0.1, -0.05) is 0 Å². The molecule has 0 fully saturated rings. The zero-order valence-corrected chi connectivity index (χ0v) is 12.0. The Morgan fingerprint density at radius 1 is 1.44 bits per heavy atom. The lowest BCUT2D eigenvalue weighted by atomic mass is 10.2. The SMILES string of the molecule is CS(=O)(=O)CCCNc1ccc(I)cc1N. The van der Waals surface area contributed by atoms with E-state index in [0.717, 1.165) is 9.26 Å². The highest BCUT2D eigenvalue weighted by Crippen LogP contribution is 2.20. The van der Waals surface area contributed by atoms with Crippen molar-refractivity contribution >= 4 is 43.8 Å². The third-order valence-electron chi connectivity index (χ3n) is 2.02. The second kappa shape index (κ2) is 5.72. The molecule has 0 atom stereocenters. The molecule has 0 saturated carbocycles. The van der Waals surface area contributed by atoms with E-state index in [2.05, 4.69) is 27.9 Å². The van der Waals surface area contributed by atoms with Crippen molar-refractivity contribution in [3.63, 3.8) is 0 Å². The van der Waals surface area contributed by atoms with E-state index in [4.69, 9.17) is 5.73 Å². The smallest absolute Gasteiger partial charge is 0.147 e. The average molecular weight is 354 g/mol. The van der Waals surface area contributed by atoms with Gasteiger partial charge in [-0.2, -0.15) is 0 Å². The Bertz CT molecular complexity index is 460. The summed E-state index contributed by atoms with van der Waals surface area (Å²) in [6, 6.07) is 5.73. The van der Waals surface area contributed by atoms with Crippen LogP contribution in [0.1, 0.15) is 6.42 Å². The second-order valence-corrected chi connectivity index (χ2v) is 7.15. The molecule has 0 aliphatic heterocycles. The molecule has 1 aromatic carbocycles. The van der Waals surface area contributed by atoms with E-state index < -0.39 is 9.84 Å². The van der Waals surface area contributed by atoms with Crippen molar-refractivity contribution in [2.45, 2.75) is 6.42 Å². The lowest BCUT2D eigenvalue weighted by molar-refractivity contribution is 0.600. The summed E-state index contributed by atoms with van der Waals surface area (Å²) >= 11 is 2.19. The quantitative estimate of drug-likeness (QED) is 0.480. The van der Waals surface area contributed by atoms with Gasteiger partial charge in [-0.15, -0.1) is 0 Å². The number of sulfone groups is 1. The van der Waals surface area contributed by atoms with Gasteiger partial charge in [0.2, 0.25) is 0 Å². The van der Waals surface area contributed by atoms with E-state index in [1.807, 2.05) is 18.2 Å². The topological polar surface area (TPSA) is 72.2 Å². The fourth-order valence-electron chi connectivity index (χ4n) is 1.25. The first-order chi connectivity index (χ1) is 7.38. The number of benzene rings is 1. The number of rotatable bonds is 5. The molecule has 16 heavy (non-hydrogen) atoms. The molecule has 0 heterocycles. The summed E-state index contributed by atoms with van der Waals surface area (Å²) in [5, 5.41) is 3.12. The first-order valence-corrected chi connectivity index (χ1v) is 7.99. The van der Waals surface area contributed by atoms with Crippen molar-refractivity contribution < 1.29 is 8.42 Å². The normalized spacial score (nSPS) is 11.4. The summed E-state index contributed by atoms with van der Waals surface area (Å²) in [5.74, 6) is 0.199. The largest absolute Gasteiger partial charge is 0.397 e. The van der Waals surface area contributed by atoms with E-state index in [1.54, 1.807) is 0 Å². The molecule has 0 aliphatic carbocycles. The van der Waals surface area contributed by atoms with E-state index in [1.165, 1.54) is 6.26 Å². The average Bonchev–Trinajstić information content (AvgIpc) is 2.13. The first-order valence-electron chi connectivity index (χ1n) is 4.85. The number of anilines is 2. The Kier molecular flexibility index (Phi) is 4.85. The summed E-state index contributed by atoms with van der Waals surface area (Å²) in [6.45, 7) is 0.609. The Hall–Kier alpha value is -0.500. The zero-order valence-electron chi connectivity index (χ0n) is 9.03. The number of hydrogen-bond donors (Lipinski definition) is 2. The summed E-state index contributed by atoms with van der Waals surface area (Å²) < 4.78 is 22.9. The molecule has 1 rings (SSSR count). The lowest BCUT2D eigenvalue weighted by Gasteiger charge is -2.09. The molecule has 0 bridgehead atoms. The van der Waals surface area contributed by atoms with Crippen LogP contribution in [0, 0.1) is 3.57 Å². The van der Waals surface area contributed by atoms with Crippen molar-refractivity contribution in [2.24, 2.45) is 0 Å². The van der Waals surface area contributed by atoms with Crippen LogP contribution in [0.3, 0.4) is 0 Å². The highest BCUT2D eigenvalue weighted by atomic mass is 127. The van der Waals surface area contributed by atoms with Gasteiger partial charge in [0.1, 0.15) is 9.84 Å². The van der Waals surface area contributed by atoms with Crippen LogP contribution < -0.4 is 11.1 Å². The van der Waals surface area contributed by atoms with Gasteiger partial charge in [0, 0.05) is 16.4 Å². The molecule has 0 aliphatic rings. The Morgan fingerprint density at radius 2 is 2.12 bits per heavy atom. The number of nitrogens with one attached hydrogen (secondary N) is 1. The van der Waals surface area contributed by atoms with Crippen LogP contribution in [0.15, 0.2) is 18.2 Å². The fraction of sp³-hybridized carbons (Fsp3) is 0.400. The fourth-order valence-corrected chi connectivity index (χ4v) is 2.44. The molecule has 0 unspecified atom stereocenters. The highest BCUT2D eigenvalue weighted by Gasteiger charge is 2.02. The molecule has 0 aromatic heterocycles. The number of halogens is 1. The van der Waals surface area contributed by atoms with Crippen LogP contribution in [0.25, 0.3) is 0 Å². The minimum absolute atomic E-state index is 0.199. The minimum Gasteiger partial charge on any atom is -0.397 e. The molecule has 0 radical (unpaired) electrons. The molecular formula is C10H15IN2O2S. The molecular weight excluding hydrogens is 339 g/mol. The molecule has 1 aromatic rings. The van der Waals surface area contributed by atoms with Crippen molar-refractivity contribution in [2.75, 3.05) is 29.6 Å². The van der Waals surface area contributed by atoms with Crippen molar-refractivity contribution in [3.05, 3.63) is 21.8 Å². The van der Waals surface area contributed by atoms with Gasteiger partial charge < -0.3 is 11.1 Å². The molecule has 3 N–H and O–H groups in total. The van der Waals surface area contributed by atoms with Gasteiger partial charge in [-0.3, -0.25) is 0 Å². The summed E-state index contributed by atoms with van der Waals surface area (Å²) in [4.78, 5) is 0. The predicted octanol–water partition coefficient (Wildman–Crippen LogP) is 1.72. The monoisotopic (exact) mass is 354 g/mol. The third kappa shape index (κ3) is 5.02.